The van der Waals surface area contributed by atoms with E-state index >= 15 is 0 Å². The van der Waals surface area contributed by atoms with Gasteiger partial charge >= 0.3 is 6.09 Å². The van der Waals surface area contributed by atoms with Gasteiger partial charge in [-0.1, -0.05) is 49.6 Å². The van der Waals surface area contributed by atoms with Crippen LogP contribution in [0.1, 0.15) is 90.0 Å². The van der Waals surface area contributed by atoms with Crippen molar-refractivity contribution >= 4 is 29.7 Å². The third-order valence-corrected chi connectivity index (χ3v) is 7.12. The lowest BCUT2D eigenvalue weighted by molar-refractivity contribution is -0.143. The van der Waals surface area contributed by atoms with Gasteiger partial charge in [0, 0.05) is 12.1 Å². The maximum Gasteiger partial charge on any atom is 0.408 e. The van der Waals surface area contributed by atoms with Crippen LogP contribution in [0.15, 0.2) is 18.2 Å². The fourth-order valence-electron chi connectivity index (χ4n) is 4.73. The summed E-state index contributed by atoms with van der Waals surface area (Å²) in [6.45, 7) is 15.6. The molecule has 0 saturated heterocycles. The molecule has 3 amide bonds. The molecular weight excluding hydrogens is 486 g/mol. The van der Waals surface area contributed by atoms with E-state index in [-0.39, 0.29) is 29.8 Å². The molecule has 2 N–H and O–H groups in total. The summed E-state index contributed by atoms with van der Waals surface area (Å²) in [6.07, 6.45) is 4.43. The Kier molecular flexibility index (Phi) is 11.3. The van der Waals surface area contributed by atoms with Crippen LogP contribution in [-0.2, 0) is 14.3 Å². The lowest BCUT2D eigenvalue weighted by Crippen LogP contribution is -2.54. The molecule has 208 valence electrons. The molecule has 0 radical (unpaired) electrons. The van der Waals surface area contributed by atoms with Gasteiger partial charge in [0.2, 0.25) is 11.8 Å². The number of nitrogens with one attached hydrogen (secondary N) is 2. The minimum Gasteiger partial charge on any atom is -0.444 e. The summed E-state index contributed by atoms with van der Waals surface area (Å²) in [5.74, 6) is 0.547. The quantitative estimate of drug-likeness (QED) is 0.369. The Labute approximate surface area is 227 Å². The zero-order chi connectivity index (χ0) is 27.9. The van der Waals surface area contributed by atoms with Crippen LogP contribution in [0.25, 0.3) is 0 Å². The number of carbonyl (C=O) groups is 3. The van der Waals surface area contributed by atoms with E-state index in [2.05, 4.69) is 30.5 Å². The lowest BCUT2D eigenvalue weighted by Gasteiger charge is -2.36. The fraction of sp³-hybridized carbons (Fsp3) is 0.690. The highest BCUT2D eigenvalue weighted by Gasteiger charge is 2.48. The van der Waals surface area contributed by atoms with Gasteiger partial charge in [0.15, 0.2) is 0 Å². The largest absolute Gasteiger partial charge is 0.444 e. The standard InChI is InChI=1S/C29H47N3O4S/c1-10-11-21(5)30-26(33)25(22-15-18(2)14-19(3)16-22)32(24-17-20(24)4)27(34)23(12-13-37-9)31-28(35)36-29(6,7)8/h14-16,20-21,23-25H,10-13,17H2,1-9H3,(H,30,33)(H,31,35). The molecule has 1 aliphatic carbocycles. The van der Waals surface area contributed by atoms with Crippen LogP contribution in [0.2, 0.25) is 0 Å². The van der Waals surface area contributed by atoms with Gasteiger partial charge in [-0.15, -0.1) is 0 Å². The first-order chi connectivity index (χ1) is 17.3. The van der Waals surface area contributed by atoms with E-state index < -0.39 is 23.8 Å². The molecule has 1 aromatic carbocycles. The molecular formula is C29H47N3O4S. The molecule has 1 saturated carbocycles. The smallest absolute Gasteiger partial charge is 0.408 e. The van der Waals surface area contributed by atoms with Crippen molar-refractivity contribution < 1.29 is 19.1 Å². The predicted octanol–water partition coefficient (Wildman–Crippen LogP) is 5.53. The van der Waals surface area contributed by atoms with Crippen molar-refractivity contribution in [2.75, 3.05) is 12.0 Å². The molecule has 5 unspecified atom stereocenters. The van der Waals surface area contributed by atoms with Crippen molar-refractivity contribution in [3.8, 4) is 0 Å². The average Bonchev–Trinajstić information content (AvgIpc) is 3.48. The van der Waals surface area contributed by atoms with E-state index in [0.717, 1.165) is 36.0 Å². The van der Waals surface area contributed by atoms with Gasteiger partial charge in [0.25, 0.3) is 0 Å². The molecule has 1 aliphatic rings. The number of rotatable bonds is 12. The van der Waals surface area contributed by atoms with Crippen LogP contribution < -0.4 is 10.6 Å². The zero-order valence-corrected chi connectivity index (χ0v) is 25.0. The summed E-state index contributed by atoms with van der Waals surface area (Å²) in [4.78, 5) is 42.6. The van der Waals surface area contributed by atoms with E-state index in [9.17, 15) is 14.4 Å². The first kappa shape index (κ1) is 31.0. The van der Waals surface area contributed by atoms with Gasteiger partial charge in [-0.25, -0.2) is 4.79 Å². The SMILES string of the molecule is CCCC(C)NC(=O)C(c1cc(C)cc(C)c1)N(C(=O)C(CCSC)NC(=O)OC(C)(C)C)C1CC1C. The summed E-state index contributed by atoms with van der Waals surface area (Å²) < 4.78 is 5.47. The van der Waals surface area contributed by atoms with E-state index in [1.807, 2.05) is 39.2 Å². The van der Waals surface area contributed by atoms with Crippen LogP contribution in [0.3, 0.4) is 0 Å². The summed E-state index contributed by atoms with van der Waals surface area (Å²) in [5, 5.41) is 5.97. The summed E-state index contributed by atoms with van der Waals surface area (Å²) in [7, 11) is 0. The number of thioether (sulfide) groups is 1. The topological polar surface area (TPSA) is 87.7 Å². The van der Waals surface area contributed by atoms with Crippen molar-refractivity contribution in [2.45, 2.75) is 111 Å². The minimum absolute atomic E-state index is 0.00772. The Morgan fingerprint density at radius 2 is 1.70 bits per heavy atom. The van der Waals surface area contributed by atoms with E-state index in [4.69, 9.17) is 4.74 Å². The molecule has 0 heterocycles. The monoisotopic (exact) mass is 533 g/mol. The summed E-state index contributed by atoms with van der Waals surface area (Å²) in [5.41, 5.74) is 2.19. The molecule has 37 heavy (non-hydrogen) atoms. The Hall–Kier alpha value is -2.22. The van der Waals surface area contributed by atoms with Gasteiger partial charge < -0.3 is 20.3 Å². The summed E-state index contributed by atoms with van der Waals surface area (Å²) in [6, 6.07) is 4.41. The first-order valence-electron chi connectivity index (χ1n) is 13.5. The Morgan fingerprint density at radius 3 is 2.19 bits per heavy atom. The number of hydrogen-bond acceptors (Lipinski definition) is 5. The molecule has 5 atom stereocenters. The molecule has 8 heteroatoms. The van der Waals surface area contributed by atoms with E-state index in [1.54, 1.807) is 37.4 Å². The van der Waals surface area contributed by atoms with Gasteiger partial charge in [0.1, 0.15) is 17.7 Å². The van der Waals surface area contributed by atoms with E-state index in [0.29, 0.717) is 12.2 Å². The first-order valence-corrected chi connectivity index (χ1v) is 14.9. The Bertz CT molecular complexity index is 925. The molecule has 7 nitrogen and oxygen atoms in total. The van der Waals surface area contributed by atoms with Crippen molar-refractivity contribution in [3.05, 3.63) is 34.9 Å². The highest BCUT2D eigenvalue weighted by molar-refractivity contribution is 7.98. The second kappa shape index (κ2) is 13.5. The third-order valence-electron chi connectivity index (χ3n) is 6.48. The Balaban J connectivity index is 2.51. The third kappa shape index (κ3) is 9.55. The van der Waals surface area contributed by atoms with Gasteiger partial charge in [-0.3, -0.25) is 9.59 Å². The van der Waals surface area contributed by atoms with Crippen LogP contribution in [-0.4, -0.2) is 58.5 Å². The number of hydrogen-bond donors (Lipinski definition) is 2. The maximum atomic E-state index is 14.2. The highest BCUT2D eigenvalue weighted by Crippen LogP contribution is 2.41. The predicted molar refractivity (Wildman–Crippen MR) is 152 cm³/mol. The number of amides is 3. The normalized spacial score (nSPS) is 19.4. The second-order valence-electron chi connectivity index (χ2n) is 11.5. The maximum absolute atomic E-state index is 14.2. The van der Waals surface area contributed by atoms with Crippen LogP contribution in [0.4, 0.5) is 4.79 Å². The second-order valence-corrected chi connectivity index (χ2v) is 12.5. The van der Waals surface area contributed by atoms with Crippen molar-refractivity contribution in [3.63, 3.8) is 0 Å². The zero-order valence-electron chi connectivity index (χ0n) is 24.1. The van der Waals surface area contributed by atoms with E-state index in [1.165, 1.54) is 0 Å². The molecule has 2 rings (SSSR count). The highest BCUT2D eigenvalue weighted by atomic mass is 32.2. The molecule has 0 spiro atoms. The van der Waals surface area contributed by atoms with Crippen molar-refractivity contribution in [2.24, 2.45) is 5.92 Å². The van der Waals surface area contributed by atoms with Gasteiger partial charge in [-0.2, -0.15) is 11.8 Å². The molecule has 0 aromatic heterocycles. The Morgan fingerprint density at radius 1 is 1.11 bits per heavy atom. The molecule has 0 bridgehead atoms. The summed E-state index contributed by atoms with van der Waals surface area (Å²) >= 11 is 1.61. The van der Waals surface area contributed by atoms with Crippen LogP contribution >= 0.6 is 11.8 Å². The van der Waals surface area contributed by atoms with Gasteiger partial charge in [-0.05, 0) is 84.3 Å². The van der Waals surface area contributed by atoms with Crippen molar-refractivity contribution in [1.82, 2.24) is 15.5 Å². The van der Waals surface area contributed by atoms with Crippen LogP contribution in [0.5, 0.6) is 0 Å². The lowest BCUT2D eigenvalue weighted by atomic mass is 9.97. The van der Waals surface area contributed by atoms with Crippen LogP contribution in [0, 0.1) is 19.8 Å². The van der Waals surface area contributed by atoms with Gasteiger partial charge in [0.05, 0.1) is 0 Å². The number of ether oxygens (including phenoxy) is 1. The number of benzene rings is 1. The number of alkyl carbamates (subject to hydrolysis) is 1. The molecule has 1 aromatic rings. The average molecular weight is 534 g/mol. The number of carbonyl (C=O) groups excluding carboxylic acids is 3. The molecule has 1 fully saturated rings. The minimum atomic E-state index is -0.788. The number of nitrogens with zero attached hydrogens (tertiary/aromatic N) is 1. The van der Waals surface area contributed by atoms with Crippen molar-refractivity contribution in [1.29, 1.82) is 0 Å². The molecule has 0 aliphatic heterocycles. The fourth-order valence-corrected chi connectivity index (χ4v) is 5.20. The number of aryl methyl sites for hydroxylation is 2.